The minimum absolute atomic E-state index is 0.433. The summed E-state index contributed by atoms with van der Waals surface area (Å²) in [5.41, 5.74) is 4.73. The fourth-order valence-electron chi connectivity index (χ4n) is 8.72. The summed E-state index contributed by atoms with van der Waals surface area (Å²) in [6.45, 7) is 8.11. The average Bonchev–Trinajstić information content (AvgIpc) is 3.98. The molecule has 4 rings (SSSR count). The van der Waals surface area contributed by atoms with E-state index in [9.17, 15) is 0 Å². The third-order valence-corrected chi connectivity index (χ3v) is 13.7. The van der Waals surface area contributed by atoms with Crippen LogP contribution in [0.2, 0.25) is 0 Å². The van der Waals surface area contributed by atoms with E-state index in [-0.39, 0.29) is 0 Å². The van der Waals surface area contributed by atoms with Crippen molar-refractivity contribution < 1.29 is 0 Å². The number of aromatic nitrogens is 1. The molecule has 1 unspecified atom stereocenters. The Hall–Kier alpha value is -1.36. The van der Waals surface area contributed by atoms with E-state index in [2.05, 4.69) is 64.5 Å². The van der Waals surface area contributed by atoms with Crippen molar-refractivity contribution >= 4 is 22.7 Å². The van der Waals surface area contributed by atoms with Crippen LogP contribution in [0.25, 0.3) is 10.6 Å². The highest BCUT2D eigenvalue weighted by Crippen LogP contribution is 2.46. The average molecular weight is 749 g/mol. The first-order chi connectivity index (χ1) is 25.8. The molecule has 294 valence electrons. The van der Waals surface area contributed by atoms with Crippen LogP contribution in [0, 0.1) is 0 Å². The predicted octanol–water partition coefficient (Wildman–Crippen LogP) is 16.9. The lowest BCUT2D eigenvalue weighted by atomic mass is 10.0. The summed E-state index contributed by atoms with van der Waals surface area (Å²) in [5, 5.41) is 4.55. The molecule has 0 aromatic carbocycles. The standard InChI is InChI=1S/C48H80N2S2/c1-3-5-7-9-11-13-15-17-19-21-23-25-27-29-31-37-49-41-43-44(47(49)45-35-33-39-51-45)42-50(48(43)46-36-34-40-52-46)38-32-30-28-26-24-22-20-18-16-14-12-10-8-6-4-2/h33-36,39-41,48H,3-32,37-38,42H2,1-2H3. The summed E-state index contributed by atoms with van der Waals surface area (Å²) in [5.74, 6) is 0. The molecule has 0 N–H and O–H groups in total. The number of hydrogen-bond donors (Lipinski definition) is 0. The topological polar surface area (TPSA) is 8.17 Å². The lowest BCUT2D eigenvalue weighted by molar-refractivity contribution is 0.239. The third-order valence-electron chi connectivity index (χ3n) is 11.9. The molecule has 0 amide bonds. The van der Waals surface area contributed by atoms with E-state index in [4.69, 9.17) is 0 Å². The maximum Gasteiger partial charge on any atom is 0.0717 e. The molecule has 52 heavy (non-hydrogen) atoms. The second-order valence-electron chi connectivity index (χ2n) is 16.4. The Morgan fingerprint density at radius 2 is 0.923 bits per heavy atom. The van der Waals surface area contributed by atoms with Crippen LogP contribution >= 0.6 is 22.7 Å². The van der Waals surface area contributed by atoms with Gasteiger partial charge in [0.1, 0.15) is 0 Å². The van der Waals surface area contributed by atoms with Gasteiger partial charge in [0, 0.05) is 24.2 Å². The van der Waals surface area contributed by atoms with E-state index in [0.29, 0.717) is 6.04 Å². The van der Waals surface area contributed by atoms with Crippen molar-refractivity contribution in [2.24, 2.45) is 0 Å². The minimum atomic E-state index is 0.433. The lowest BCUT2D eigenvalue weighted by Crippen LogP contribution is -2.24. The normalized spacial score (nSPS) is 14.5. The van der Waals surface area contributed by atoms with E-state index in [1.165, 1.54) is 215 Å². The van der Waals surface area contributed by atoms with Crippen molar-refractivity contribution in [3.05, 3.63) is 57.2 Å². The Morgan fingerprint density at radius 1 is 0.500 bits per heavy atom. The van der Waals surface area contributed by atoms with Crippen LogP contribution in [-0.4, -0.2) is 16.0 Å². The van der Waals surface area contributed by atoms with E-state index in [0.717, 1.165) is 13.1 Å². The molecule has 0 radical (unpaired) electrons. The molecule has 3 aromatic rings. The van der Waals surface area contributed by atoms with Gasteiger partial charge in [-0.15, -0.1) is 22.7 Å². The van der Waals surface area contributed by atoms with Gasteiger partial charge in [0.15, 0.2) is 0 Å². The molecule has 1 atom stereocenters. The second-order valence-corrected chi connectivity index (χ2v) is 18.3. The lowest BCUT2D eigenvalue weighted by Gasteiger charge is -2.25. The number of thiophene rings is 2. The molecule has 4 heteroatoms. The smallest absolute Gasteiger partial charge is 0.0717 e. The summed E-state index contributed by atoms with van der Waals surface area (Å²) in [6.07, 6.45) is 45.4. The molecule has 0 spiro atoms. The van der Waals surface area contributed by atoms with Gasteiger partial charge in [-0.1, -0.05) is 206 Å². The van der Waals surface area contributed by atoms with Gasteiger partial charge < -0.3 is 4.57 Å². The number of fused-ring (bicyclic) bond motifs is 1. The monoisotopic (exact) mass is 749 g/mol. The van der Waals surface area contributed by atoms with Crippen molar-refractivity contribution in [2.45, 2.75) is 226 Å². The maximum atomic E-state index is 2.81. The van der Waals surface area contributed by atoms with Crippen LogP contribution in [0.1, 0.15) is 229 Å². The summed E-state index contributed by atoms with van der Waals surface area (Å²) >= 11 is 3.88. The molecule has 2 nitrogen and oxygen atoms in total. The van der Waals surface area contributed by atoms with Crippen LogP contribution in [-0.2, 0) is 13.1 Å². The van der Waals surface area contributed by atoms with E-state index in [1.54, 1.807) is 11.1 Å². The molecular weight excluding hydrogens is 669 g/mol. The van der Waals surface area contributed by atoms with Gasteiger partial charge in [-0.2, -0.15) is 0 Å². The Kier molecular flexibility index (Phi) is 23.4. The van der Waals surface area contributed by atoms with E-state index in [1.807, 2.05) is 22.7 Å². The quantitative estimate of drug-likeness (QED) is 0.0552. The first kappa shape index (κ1) is 43.4. The maximum absolute atomic E-state index is 2.81. The fourth-order valence-corrected chi connectivity index (χ4v) is 10.4. The number of nitrogens with zero attached hydrogens (tertiary/aromatic N) is 2. The molecule has 0 bridgehead atoms. The van der Waals surface area contributed by atoms with Gasteiger partial charge >= 0.3 is 0 Å². The van der Waals surface area contributed by atoms with Crippen LogP contribution in [0.15, 0.2) is 41.2 Å². The van der Waals surface area contributed by atoms with Gasteiger partial charge in [0.2, 0.25) is 0 Å². The minimum Gasteiger partial charge on any atom is -0.346 e. The van der Waals surface area contributed by atoms with Crippen LogP contribution in [0.4, 0.5) is 0 Å². The molecule has 4 heterocycles. The molecular formula is C48H80N2S2. The largest absolute Gasteiger partial charge is 0.346 e. The molecule has 3 aromatic heterocycles. The predicted molar refractivity (Wildman–Crippen MR) is 234 cm³/mol. The van der Waals surface area contributed by atoms with Crippen LogP contribution < -0.4 is 0 Å². The van der Waals surface area contributed by atoms with E-state index < -0.39 is 0 Å². The SMILES string of the molecule is CCCCCCCCCCCCCCCCCN1Cc2c(cn(CCCCCCCCCCCCCCCCC)c2-c2cccs2)C1c1cccs1. The van der Waals surface area contributed by atoms with Gasteiger partial charge in [0.25, 0.3) is 0 Å². The van der Waals surface area contributed by atoms with Crippen molar-refractivity contribution in [1.29, 1.82) is 0 Å². The van der Waals surface area contributed by atoms with Crippen molar-refractivity contribution in [3.8, 4) is 10.6 Å². The van der Waals surface area contributed by atoms with Gasteiger partial charge in [0.05, 0.1) is 16.6 Å². The summed E-state index contributed by atoms with van der Waals surface area (Å²) in [6, 6.07) is 9.69. The first-order valence-corrected chi connectivity index (χ1v) is 24.6. The number of unbranched alkanes of at least 4 members (excludes halogenated alkanes) is 28. The first-order valence-electron chi connectivity index (χ1n) is 22.9. The molecule has 0 fully saturated rings. The molecule has 0 aliphatic carbocycles. The number of rotatable bonds is 34. The zero-order chi connectivity index (χ0) is 36.3. The number of aryl methyl sites for hydroxylation is 1. The van der Waals surface area contributed by atoms with Crippen LogP contribution in [0.3, 0.4) is 0 Å². The second kappa shape index (κ2) is 28.1. The van der Waals surface area contributed by atoms with Crippen molar-refractivity contribution in [1.82, 2.24) is 9.47 Å². The van der Waals surface area contributed by atoms with Crippen molar-refractivity contribution in [3.63, 3.8) is 0 Å². The Labute approximate surface area is 330 Å². The zero-order valence-electron chi connectivity index (χ0n) is 34.2. The summed E-state index contributed by atoms with van der Waals surface area (Å²) in [7, 11) is 0. The molecule has 1 aliphatic rings. The highest BCUT2D eigenvalue weighted by Gasteiger charge is 2.36. The van der Waals surface area contributed by atoms with Gasteiger partial charge in [-0.25, -0.2) is 0 Å². The van der Waals surface area contributed by atoms with Crippen molar-refractivity contribution in [2.75, 3.05) is 6.54 Å². The zero-order valence-corrected chi connectivity index (χ0v) is 35.8. The molecule has 0 saturated carbocycles. The molecule has 1 aliphatic heterocycles. The molecule has 0 saturated heterocycles. The van der Waals surface area contributed by atoms with E-state index >= 15 is 0 Å². The fraction of sp³-hybridized carbons (Fsp3) is 0.750. The third kappa shape index (κ3) is 16.2. The number of hydrogen-bond acceptors (Lipinski definition) is 3. The van der Waals surface area contributed by atoms with Gasteiger partial charge in [-0.3, -0.25) is 4.90 Å². The highest BCUT2D eigenvalue weighted by molar-refractivity contribution is 7.13. The van der Waals surface area contributed by atoms with Gasteiger partial charge in [-0.05, 0) is 53.4 Å². The Bertz CT molecular complexity index is 1230. The Balaban J connectivity index is 1.14. The summed E-state index contributed by atoms with van der Waals surface area (Å²) in [4.78, 5) is 5.80. The Morgan fingerprint density at radius 3 is 1.35 bits per heavy atom. The highest BCUT2D eigenvalue weighted by atomic mass is 32.1. The van der Waals surface area contributed by atoms with Crippen LogP contribution in [0.5, 0.6) is 0 Å². The summed E-state index contributed by atoms with van der Waals surface area (Å²) < 4.78 is 2.66.